The number of halogens is 1. The van der Waals surface area contributed by atoms with Gasteiger partial charge in [-0.15, -0.1) is 0 Å². The molecule has 8 heteroatoms. The highest BCUT2D eigenvalue weighted by molar-refractivity contribution is 8.18. The molecule has 2 amide bonds. The molecular weight excluding hydrogens is 453 g/mol. The fraction of sp³-hybridized carbons (Fsp3) is 0.115. The third-order valence-corrected chi connectivity index (χ3v) is 5.88. The highest BCUT2D eigenvalue weighted by Crippen LogP contribution is 2.35. The Morgan fingerprint density at radius 2 is 1.76 bits per heavy atom. The van der Waals surface area contributed by atoms with E-state index in [4.69, 9.17) is 4.74 Å². The molecule has 0 unspecified atom stereocenters. The number of amides is 2. The van der Waals surface area contributed by atoms with Gasteiger partial charge < -0.3 is 10.1 Å². The maximum atomic E-state index is 13.2. The van der Waals surface area contributed by atoms with E-state index in [-0.39, 0.29) is 24.2 Å². The van der Waals surface area contributed by atoms with Crippen molar-refractivity contribution in [1.29, 1.82) is 0 Å². The first kappa shape index (κ1) is 23.3. The molecule has 0 spiro atoms. The molecule has 0 bridgehead atoms. The summed E-state index contributed by atoms with van der Waals surface area (Å²) in [7, 11) is 0. The number of hydrogen-bond donors (Lipinski definition) is 1. The van der Waals surface area contributed by atoms with E-state index < -0.39 is 0 Å². The first-order valence-electron chi connectivity index (χ1n) is 10.7. The molecule has 0 aromatic heterocycles. The Bertz CT molecular complexity index is 1240. The van der Waals surface area contributed by atoms with Crippen LogP contribution in [0, 0.1) is 5.82 Å². The lowest BCUT2D eigenvalue weighted by Gasteiger charge is -2.12. The predicted molar refractivity (Wildman–Crippen MR) is 133 cm³/mol. The number of thioether (sulfide) groups is 1. The molecule has 34 heavy (non-hydrogen) atoms. The number of ether oxygens (including phenoxy) is 1. The molecule has 6 nitrogen and oxygen atoms in total. The first-order chi connectivity index (χ1) is 16.5. The van der Waals surface area contributed by atoms with Crippen molar-refractivity contribution in [1.82, 2.24) is 4.90 Å². The van der Waals surface area contributed by atoms with Crippen LogP contribution < -0.4 is 10.1 Å². The van der Waals surface area contributed by atoms with Gasteiger partial charge in [-0.3, -0.25) is 14.5 Å². The molecular formula is C26H22FN3O3S. The van der Waals surface area contributed by atoms with Gasteiger partial charge >= 0.3 is 0 Å². The lowest BCUT2D eigenvalue weighted by molar-refractivity contribution is -0.122. The van der Waals surface area contributed by atoms with E-state index in [0.29, 0.717) is 39.3 Å². The average Bonchev–Trinajstić information content (AvgIpc) is 3.14. The molecule has 1 N–H and O–H groups in total. The largest absolute Gasteiger partial charge is 0.483 e. The van der Waals surface area contributed by atoms with Crippen LogP contribution in [-0.4, -0.2) is 35.0 Å². The number of benzene rings is 3. The SMILES string of the molecule is CCN1C(=O)/C(=C\c2ccccc2OCC(=O)Nc2ccccc2)SC1=Nc1ccc(F)cc1. The molecule has 1 aliphatic heterocycles. The molecule has 0 saturated carbocycles. The number of likely N-dealkylation sites (N-methyl/N-ethyl adjacent to an activating group) is 1. The van der Waals surface area contributed by atoms with Crippen LogP contribution in [0.2, 0.25) is 0 Å². The molecule has 0 radical (unpaired) electrons. The lowest BCUT2D eigenvalue weighted by atomic mass is 10.2. The highest BCUT2D eigenvalue weighted by atomic mass is 32.2. The number of nitrogens with zero attached hydrogens (tertiary/aromatic N) is 2. The highest BCUT2D eigenvalue weighted by Gasteiger charge is 2.32. The molecule has 1 heterocycles. The molecule has 0 atom stereocenters. The molecule has 1 aliphatic rings. The van der Waals surface area contributed by atoms with Crippen molar-refractivity contribution >= 4 is 46.2 Å². The van der Waals surface area contributed by atoms with Crippen LogP contribution in [0.4, 0.5) is 15.8 Å². The van der Waals surface area contributed by atoms with Crippen LogP contribution in [-0.2, 0) is 9.59 Å². The number of nitrogens with one attached hydrogen (secondary N) is 1. The van der Waals surface area contributed by atoms with E-state index in [9.17, 15) is 14.0 Å². The molecule has 3 aromatic rings. The van der Waals surface area contributed by atoms with Gasteiger partial charge in [-0.1, -0.05) is 36.4 Å². The molecule has 1 fully saturated rings. The number of hydrogen-bond acceptors (Lipinski definition) is 5. The molecule has 0 aliphatic carbocycles. The van der Waals surface area contributed by atoms with Gasteiger partial charge in [-0.25, -0.2) is 9.38 Å². The zero-order valence-electron chi connectivity index (χ0n) is 18.4. The number of amidine groups is 1. The molecule has 3 aromatic carbocycles. The van der Waals surface area contributed by atoms with Crippen LogP contribution in [0.5, 0.6) is 5.75 Å². The monoisotopic (exact) mass is 475 g/mol. The van der Waals surface area contributed by atoms with Gasteiger partial charge in [0.1, 0.15) is 11.6 Å². The second-order valence-electron chi connectivity index (χ2n) is 7.27. The van der Waals surface area contributed by atoms with E-state index >= 15 is 0 Å². The molecule has 4 rings (SSSR count). The quantitative estimate of drug-likeness (QED) is 0.460. The Balaban J connectivity index is 1.50. The van der Waals surface area contributed by atoms with E-state index in [1.54, 1.807) is 47.4 Å². The first-order valence-corrected chi connectivity index (χ1v) is 11.5. The van der Waals surface area contributed by atoms with Crippen molar-refractivity contribution in [3.8, 4) is 5.75 Å². The smallest absolute Gasteiger partial charge is 0.266 e. The van der Waals surface area contributed by atoms with Crippen molar-refractivity contribution in [2.45, 2.75) is 6.92 Å². The second kappa shape index (κ2) is 10.8. The Morgan fingerprint density at radius 1 is 1.06 bits per heavy atom. The van der Waals surface area contributed by atoms with Crippen molar-refractivity contribution in [3.63, 3.8) is 0 Å². The van der Waals surface area contributed by atoms with E-state index in [2.05, 4.69) is 10.3 Å². The zero-order chi connectivity index (χ0) is 23.9. The topological polar surface area (TPSA) is 71.0 Å². The van der Waals surface area contributed by atoms with Crippen LogP contribution >= 0.6 is 11.8 Å². The number of anilines is 1. The molecule has 1 saturated heterocycles. The van der Waals surface area contributed by atoms with Gasteiger partial charge in [0.05, 0.1) is 10.6 Å². The summed E-state index contributed by atoms with van der Waals surface area (Å²) in [5.41, 5.74) is 1.92. The minimum atomic E-state index is -0.346. The Kier molecular flexibility index (Phi) is 7.39. The number of carbonyl (C=O) groups is 2. The fourth-order valence-electron chi connectivity index (χ4n) is 3.23. The maximum absolute atomic E-state index is 13.2. The summed E-state index contributed by atoms with van der Waals surface area (Å²) in [6, 6.07) is 22.1. The van der Waals surface area contributed by atoms with Crippen LogP contribution in [0.15, 0.2) is 88.8 Å². The lowest BCUT2D eigenvalue weighted by Crippen LogP contribution is -2.28. The number of carbonyl (C=O) groups excluding carboxylic acids is 2. The summed E-state index contributed by atoms with van der Waals surface area (Å²) < 4.78 is 19.0. The Morgan fingerprint density at radius 3 is 2.50 bits per heavy atom. The number of aliphatic imine (C=N–C) groups is 1. The van der Waals surface area contributed by atoms with Crippen molar-refractivity contribution in [3.05, 3.63) is 95.1 Å². The Hall–Kier alpha value is -3.91. The summed E-state index contributed by atoms with van der Waals surface area (Å²) >= 11 is 1.24. The standard InChI is InChI=1S/C26H22FN3O3S/c1-2-30-25(32)23(34-26(30)29-21-14-12-19(27)13-15-21)16-18-8-6-7-11-22(18)33-17-24(31)28-20-9-4-3-5-10-20/h3-16H,2,17H2,1H3,(H,28,31)/b23-16+,29-26?. The Labute approximate surface area is 201 Å². The second-order valence-corrected chi connectivity index (χ2v) is 8.28. The molecule has 172 valence electrons. The summed E-state index contributed by atoms with van der Waals surface area (Å²) in [5.74, 6) is -0.324. The minimum absolute atomic E-state index is 0.172. The van der Waals surface area contributed by atoms with E-state index in [0.717, 1.165) is 0 Å². The fourth-order valence-corrected chi connectivity index (χ4v) is 4.28. The van der Waals surface area contributed by atoms with Crippen LogP contribution in [0.3, 0.4) is 0 Å². The maximum Gasteiger partial charge on any atom is 0.266 e. The number of para-hydroxylation sites is 2. The van der Waals surface area contributed by atoms with Gasteiger partial charge in [0.2, 0.25) is 0 Å². The normalized spacial score (nSPS) is 15.7. The zero-order valence-corrected chi connectivity index (χ0v) is 19.2. The summed E-state index contributed by atoms with van der Waals surface area (Å²) in [6.45, 7) is 2.14. The third kappa shape index (κ3) is 5.71. The van der Waals surface area contributed by atoms with Gasteiger partial charge in [0, 0.05) is 17.8 Å². The summed E-state index contributed by atoms with van der Waals surface area (Å²) in [6.07, 6.45) is 1.73. The van der Waals surface area contributed by atoms with Crippen molar-refractivity contribution in [2.24, 2.45) is 4.99 Å². The average molecular weight is 476 g/mol. The van der Waals surface area contributed by atoms with Gasteiger partial charge in [-0.05, 0) is 67.2 Å². The van der Waals surface area contributed by atoms with E-state index in [1.807, 2.05) is 37.3 Å². The minimum Gasteiger partial charge on any atom is -0.483 e. The van der Waals surface area contributed by atoms with E-state index in [1.165, 1.54) is 23.9 Å². The number of rotatable bonds is 7. The van der Waals surface area contributed by atoms with Gasteiger partial charge in [0.25, 0.3) is 11.8 Å². The summed E-state index contributed by atoms with van der Waals surface area (Å²) in [4.78, 5) is 31.8. The van der Waals surface area contributed by atoms with Gasteiger partial charge in [0.15, 0.2) is 11.8 Å². The van der Waals surface area contributed by atoms with Crippen molar-refractivity contribution in [2.75, 3.05) is 18.5 Å². The summed E-state index contributed by atoms with van der Waals surface area (Å²) in [5, 5.41) is 3.29. The van der Waals surface area contributed by atoms with Crippen LogP contribution in [0.25, 0.3) is 6.08 Å². The van der Waals surface area contributed by atoms with Crippen LogP contribution in [0.1, 0.15) is 12.5 Å². The van der Waals surface area contributed by atoms with Crippen molar-refractivity contribution < 1.29 is 18.7 Å². The van der Waals surface area contributed by atoms with Gasteiger partial charge in [-0.2, -0.15) is 0 Å². The predicted octanol–water partition coefficient (Wildman–Crippen LogP) is 5.47. The third-order valence-electron chi connectivity index (χ3n) is 4.88.